The number of hydrogen-bond acceptors (Lipinski definition) is 4. The first-order valence-corrected chi connectivity index (χ1v) is 6.50. The molecule has 1 aliphatic carbocycles. The Bertz CT molecular complexity index is 334. The van der Waals surface area contributed by atoms with Crippen LogP contribution in [0.4, 0.5) is 0 Å². The number of hydrogen-bond donors (Lipinski definition) is 2. The van der Waals surface area contributed by atoms with Crippen molar-refractivity contribution >= 4 is 17.7 Å². The lowest BCUT2D eigenvalue weighted by Gasteiger charge is -2.27. The van der Waals surface area contributed by atoms with Gasteiger partial charge < -0.3 is 5.32 Å². The van der Waals surface area contributed by atoms with Gasteiger partial charge in [-0.05, 0) is 12.8 Å². The molecule has 2 rings (SSSR count). The normalized spacial score (nSPS) is 22.1. The topological polar surface area (TPSA) is 78.5 Å². The molecule has 0 aromatic heterocycles. The van der Waals surface area contributed by atoms with E-state index in [9.17, 15) is 14.4 Å². The van der Waals surface area contributed by atoms with Crippen LogP contribution in [0, 0.1) is 0 Å². The molecule has 6 heteroatoms. The molecule has 1 saturated heterocycles. The van der Waals surface area contributed by atoms with Crippen molar-refractivity contribution in [2.75, 3.05) is 19.6 Å². The third-order valence-electron chi connectivity index (χ3n) is 3.43. The van der Waals surface area contributed by atoms with Crippen LogP contribution in [0.15, 0.2) is 0 Å². The highest BCUT2D eigenvalue weighted by atomic mass is 16.2. The molecular formula is C12H19N3O3. The number of rotatable bonds is 3. The summed E-state index contributed by atoms with van der Waals surface area (Å²) in [6.45, 7) is 0.112. The molecule has 2 N–H and O–H groups in total. The van der Waals surface area contributed by atoms with Gasteiger partial charge in [-0.2, -0.15) is 0 Å². The summed E-state index contributed by atoms with van der Waals surface area (Å²) >= 11 is 0. The first kappa shape index (κ1) is 13.0. The van der Waals surface area contributed by atoms with Gasteiger partial charge in [-0.25, -0.2) is 0 Å². The summed E-state index contributed by atoms with van der Waals surface area (Å²) in [5.74, 6) is -0.888. The van der Waals surface area contributed by atoms with E-state index in [1.54, 1.807) is 0 Å². The molecule has 0 radical (unpaired) electrons. The smallest absolute Gasteiger partial charge is 0.243 e. The van der Waals surface area contributed by atoms with Gasteiger partial charge in [0.25, 0.3) is 0 Å². The van der Waals surface area contributed by atoms with Crippen molar-refractivity contribution in [2.24, 2.45) is 0 Å². The Morgan fingerprint density at radius 3 is 2.39 bits per heavy atom. The molecule has 0 bridgehead atoms. The van der Waals surface area contributed by atoms with Gasteiger partial charge in [0.15, 0.2) is 0 Å². The zero-order chi connectivity index (χ0) is 13.0. The van der Waals surface area contributed by atoms with Gasteiger partial charge in [0.1, 0.15) is 6.54 Å². The van der Waals surface area contributed by atoms with E-state index in [2.05, 4.69) is 10.6 Å². The third-order valence-corrected chi connectivity index (χ3v) is 3.43. The fourth-order valence-corrected chi connectivity index (χ4v) is 2.45. The van der Waals surface area contributed by atoms with Gasteiger partial charge in [-0.3, -0.25) is 24.6 Å². The lowest BCUT2D eigenvalue weighted by molar-refractivity contribution is -0.149. The molecule has 1 heterocycles. The Morgan fingerprint density at radius 1 is 1.17 bits per heavy atom. The van der Waals surface area contributed by atoms with E-state index in [1.165, 1.54) is 6.42 Å². The van der Waals surface area contributed by atoms with E-state index < -0.39 is 0 Å². The average molecular weight is 253 g/mol. The number of piperazine rings is 1. The van der Waals surface area contributed by atoms with Gasteiger partial charge in [-0.15, -0.1) is 0 Å². The number of nitrogens with one attached hydrogen (secondary N) is 2. The molecular weight excluding hydrogens is 234 g/mol. The van der Waals surface area contributed by atoms with Crippen molar-refractivity contribution in [1.29, 1.82) is 0 Å². The Labute approximate surface area is 106 Å². The Morgan fingerprint density at radius 2 is 1.78 bits per heavy atom. The zero-order valence-electron chi connectivity index (χ0n) is 10.4. The summed E-state index contributed by atoms with van der Waals surface area (Å²) in [5, 5.41) is 5.60. The van der Waals surface area contributed by atoms with Gasteiger partial charge in [0.2, 0.25) is 17.7 Å². The van der Waals surface area contributed by atoms with E-state index in [0.29, 0.717) is 0 Å². The van der Waals surface area contributed by atoms with Gasteiger partial charge in [-0.1, -0.05) is 19.3 Å². The summed E-state index contributed by atoms with van der Waals surface area (Å²) in [4.78, 5) is 35.8. The van der Waals surface area contributed by atoms with E-state index in [4.69, 9.17) is 0 Å². The Balaban J connectivity index is 1.82. The maximum absolute atomic E-state index is 11.8. The third kappa shape index (κ3) is 3.29. The van der Waals surface area contributed by atoms with E-state index in [-0.39, 0.29) is 43.4 Å². The predicted molar refractivity (Wildman–Crippen MR) is 64.6 cm³/mol. The molecule has 3 amide bonds. The predicted octanol–water partition coefficient (Wildman–Crippen LogP) is -0.606. The maximum Gasteiger partial charge on any atom is 0.243 e. The van der Waals surface area contributed by atoms with E-state index in [1.807, 2.05) is 0 Å². The van der Waals surface area contributed by atoms with Gasteiger partial charge in [0.05, 0.1) is 13.1 Å². The standard InChI is InChI=1S/C12H19N3O3/c16-10(14-9-4-2-1-3-5-9)8-15-11(17)6-13-7-12(15)18/h9,13H,1-8H2,(H,14,16). The lowest BCUT2D eigenvalue weighted by Crippen LogP contribution is -2.55. The molecule has 0 atom stereocenters. The molecule has 0 spiro atoms. The quantitative estimate of drug-likeness (QED) is 0.658. The van der Waals surface area contributed by atoms with Crippen LogP contribution in [0.25, 0.3) is 0 Å². The van der Waals surface area contributed by atoms with Crippen molar-refractivity contribution in [3.05, 3.63) is 0 Å². The van der Waals surface area contributed by atoms with Gasteiger partial charge in [0, 0.05) is 6.04 Å². The highest BCUT2D eigenvalue weighted by Gasteiger charge is 2.28. The van der Waals surface area contributed by atoms with Crippen LogP contribution in [0.2, 0.25) is 0 Å². The minimum absolute atomic E-state index is 0.127. The van der Waals surface area contributed by atoms with E-state index >= 15 is 0 Å². The average Bonchev–Trinajstić information content (AvgIpc) is 2.35. The lowest BCUT2D eigenvalue weighted by atomic mass is 9.95. The first-order chi connectivity index (χ1) is 8.66. The van der Waals surface area contributed by atoms with Crippen LogP contribution in [-0.2, 0) is 14.4 Å². The molecule has 0 aromatic carbocycles. The number of imide groups is 1. The van der Waals surface area contributed by atoms with Crippen LogP contribution in [0.5, 0.6) is 0 Å². The Hall–Kier alpha value is -1.43. The Kier molecular flexibility index (Phi) is 4.30. The largest absolute Gasteiger partial charge is 0.352 e. The van der Waals surface area contributed by atoms with Crippen molar-refractivity contribution < 1.29 is 14.4 Å². The van der Waals surface area contributed by atoms with Crippen LogP contribution in [0.1, 0.15) is 32.1 Å². The van der Waals surface area contributed by atoms with Crippen LogP contribution in [0.3, 0.4) is 0 Å². The SMILES string of the molecule is O=C(CN1C(=O)CNCC1=O)NC1CCCCC1. The molecule has 0 unspecified atom stereocenters. The summed E-state index contributed by atoms with van der Waals surface area (Å²) in [5.41, 5.74) is 0. The second-order valence-electron chi connectivity index (χ2n) is 4.88. The van der Waals surface area contributed by atoms with Crippen LogP contribution >= 0.6 is 0 Å². The number of carbonyl (C=O) groups is 3. The molecule has 1 aliphatic heterocycles. The molecule has 100 valence electrons. The number of carbonyl (C=O) groups excluding carboxylic acids is 3. The monoisotopic (exact) mass is 253 g/mol. The molecule has 0 aromatic rings. The van der Waals surface area contributed by atoms with Crippen molar-refractivity contribution in [3.63, 3.8) is 0 Å². The summed E-state index contributed by atoms with van der Waals surface area (Å²) in [6.07, 6.45) is 5.48. The summed E-state index contributed by atoms with van der Waals surface area (Å²) < 4.78 is 0. The summed E-state index contributed by atoms with van der Waals surface area (Å²) in [6, 6.07) is 0.208. The number of nitrogens with zero attached hydrogens (tertiary/aromatic N) is 1. The van der Waals surface area contributed by atoms with E-state index in [0.717, 1.165) is 30.6 Å². The minimum atomic E-state index is -0.329. The molecule has 1 saturated carbocycles. The second kappa shape index (κ2) is 5.95. The van der Waals surface area contributed by atoms with Crippen LogP contribution < -0.4 is 10.6 Å². The highest BCUT2D eigenvalue weighted by Crippen LogP contribution is 2.17. The molecule has 2 fully saturated rings. The molecule has 2 aliphatic rings. The fourth-order valence-electron chi connectivity index (χ4n) is 2.45. The highest BCUT2D eigenvalue weighted by molar-refractivity contribution is 6.02. The minimum Gasteiger partial charge on any atom is -0.352 e. The molecule has 18 heavy (non-hydrogen) atoms. The van der Waals surface area contributed by atoms with Crippen molar-refractivity contribution in [2.45, 2.75) is 38.1 Å². The van der Waals surface area contributed by atoms with Crippen molar-refractivity contribution in [1.82, 2.24) is 15.5 Å². The number of amides is 3. The fraction of sp³-hybridized carbons (Fsp3) is 0.750. The van der Waals surface area contributed by atoms with Gasteiger partial charge >= 0.3 is 0 Å². The van der Waals surface area contributed by atoms with Crippen LogP contribution in [-0.4, -0.2) is 48.3 Å². The maximum atomic E-state index is 11.8. The van der Waals surface area contributed by atoms with Crippen molar-refractivity contribution in [3.8, 4) is 0 Å². The first-order valence-electron chi connectivity index (χ1n) is 6.50. The molecule has 6 nitrogen and oxygen atoms in total. The summed E-state index contributed by atoms with van der Waals surface area (Å²) in [7, 11) is 0. The second-order valence-corrected chi connectivity index (χ2v) is 4.88. The zero-order valence-corrected chi connectivity index (χ0v) is 10.4.